The Hall–Kier alpha value is -7.02. The van der Waals surface area contributed by atoms with Gasteiger partial charge in [-0.3, -0.25) is 52.8 Å². The van der Waals surface area contributed by atoms with Gasteiger partial charge in [0, 0.05) is 183 Å². The number of nitrogen functional groups attached to an aromatic ring is 1. The fraction of sp³-hybridized carbons (Fsp3) is 0.469. The predicted molar refractivity (Wildman–Crippen MR) is 367 cm³/mol. The normalized spacial score (nSPS) is 15.8. The summed E-state index contributed by atoms with van der Waals surface area (Å²) in [7, 11) is 10.4. The molecule has 492 valence electrons. The molecule has 0 unspecified atom stereocenters. The van der Waals surface area contributed by atoms with Gasteiger partial charge in [-0.15, -0.1) is 0 Å². The molecule has 92 heavy (non-hydrogen) atoms. The number of nitrogens with one attached hydrogen (secondary N) is 2. The molecule has 1 amide bonds. The van der Waals surface area contributed by atoms with Crippen LogP contribution in [0.15, 0.2) is 101 Å². The number of ether oxygens (including phenoxy) is 3. The van der Waals surface area contributed by atoms with Gasteiger partial charge in [0.2, 0.25) is 0 Å². The standard InChI is InChI=1S/C34H42N8O3.C15H20BrN5O2.C9H16N4O.C6H5Br2NO/c1-6-25-26(7-8-35-31(25)41-11-10-40-28(33(41)44)16-22-18-34(2,3)19-29(22)40)23-15-27(32(43)38(4)20-23)36-30-17-24-21-39(13-14-45-5)9-12-42(24)37-30;1-19-9-11(16)7-13(15(19)22)17-14-8-12-10-20(5-6-23-2)3-4-21(12)18-14;1-14-5-4-12-2-3-13-8(7-12)6-9(10)11-13;1-9-3-4(7)2-5(8)6(9)10/h7-8,15-17,20H,6,9-14,18-19,21H2,1-5H3,(H,36,37);7-9H,3-6,10H2,1-2H3,(H,17,18);6H,2-5,7H2,1H3,(H2,10,11);2-3H,1H3. The highest BCUT2D eigenvalue weighted by Gasteiger charge is 2.38. The Balaban J connectivity index is 0.000000162. The van der Waals surface area contributed by atoms with Crippen molar-refractivity contribution in [3.05, 3.63) is 157 Å². The zero-order valence-corrected chi connectivity index (χ0v) is 58.6. The number of pyridine rings is 4. The van der Waals surface area contributed by atoms with Crippen molar-refractivity contribution >= 4 is 88.3 Å². The Kier molecular flexibility index (Phi) is 22.1. The molecule has 1 aliphatic carbocycles. The lowest BCUT2D eigenvalue weighted by molar-refractivity contribution is 0.0963. The zero-order valence-electron chi connectivity index (χ0n) is 53.8. The van der Waals surface area contributed by atoms with Crippen molar-refractivity contribution in [3.8, 4) is 11.1 Å². The van der Waals surface area contributed by atoms with Gasteiger partial charge in [0.1, 0.15) is 28.7 Å². The number of carbonyl (C=O) groups is 1. The van der Waals surface area contributed by atoms with Crippen LogP contribution < -0.4 is 37.9 Å². The number of carbonyl (C=O) groups excluding carboxylic acids is 1. The van der Waals surface area contributed by atoms with Gasteiger partial charge in [-0.25, -0.2) is 4.98 Å². The maximum absolute atomic E-state index is 13.9. The lowest BCUT2D eigenvalue weighted by Gasteiger charge is -2.31. The summed E-state index contributed by atoms with van der Waals surface area (Å²) in [5.74, 6) is 2.66. The van der Waals surface area contributed by atoms with Crippen LogP contribution in [0.3, 0.4) is 0 Å². The number of halogens is 3. The van der Waals surface area contributed by atoms with E-state index in [-0.39, 0.29) is 28.0 Å². The smallest absolute Gasteiger partial charge is 0.276 e. The number of anilines is 6. The summed E-state index contributed by atoms with van der Waals surface area (Å²) in [6.45, 7) is 21.0. The molecular weight excluding hydrogens is 1370 g/mol. The van der Waals surface area contributed by atoms with Crippen LogP contribution in [0, 0.1) is 5.41 Å². The van der Waals surface area contributed by atoms with E-state index < -0.39 is 0 Å². The molecule has 0 fully saturated rings. The van der Waals surface area contributed by atoms with E-state index in [0.29, 0.717) is 58.7 Å². The van der Waals surface area contributed by atoms with Crippen LogP contribution in [0.1, 0.15) is 65.2 Å². The van der Waals surface area contributed by atoms with Gasteiger partial charge in [0.25, 0.3) is 22.6 Å². The third-order valence-corrected chi connectivity index (χ3v) is 18.5. The molecule has 8 aromatic heterocycles. The first-order chi connectivity index (χ1) is 44.1. The van der Waals surface area contributed by atoms with Gasteiger partial charge in [-0.2, -0.15) is 15.3 Å². The highest BCUT2D eigenvalue weighted by atomic mass is 79.9. The van der Waals surface area contributed by atoms with E-state index in [2.05, 4.69) is 115 Å². The second kappa shape index (κ2) is 29.9. The lowest BCUT2D eigenvalue weighted by atomic mass is 9.90. The summed E-state index contributed by atoms with van der Waals surface area (Å²) in [6, 6.07) is 15.4. The molecule has 12 heterocycles. The number of nitrogens with two attached hydrogens (primary N) is 1. The average molecular weight is 1460 g/mol. The van der Waals surface area contributed by atoms with Gasteiger partial charge in [-0.1, -0.05) is 20.8 Å². The van der Waals surface area contributed by atoms with Crippen LogP contribution in [0.2, 0.25) is 0 Å². The molecule has 0 bridgehead atoms. The quantitative estimate of drug-likeness (QED) is 0.0854. The van der Waals surface area contributed by atoms with Gasteiger partial charge >= 0.3 is 0 Å². The summed E-state index contributed by atoms with van der Waals surface area (Å²) >= 11 is 9.80. The van der Waals surface area contributed by atoms with Crippen LogP contribution in [0.5, 0.6) is 0 Å². The van der Waals surface area contributed by atoms with Crippen molar-refractivity contribution in [1.82, 2.24) is 67.3 Å². The number of hydrogen-bond donors (Lipinski definition) is 3. The number of fused-ring (bicyclic) bond motifs is 6. The zero-order chi connectivity index (χ0) is 65.5. The van der Waals surface area contributed by atoms with E-state index in [1.165, 1.54) is 26.1 Å². The Morgan fingerprint density at radius 1 is 0.598 bits per heavy atom. The molecule has 13 rings (SSSR count). The molecule has 5 aliphatic rings. The van der Waals surface area contributed by atoms with Gasteiger partial charge in [0.05, 0.1) is 61.0 Å². The van der Waals surface area contributed by atoms with E-state index in [1.54, 1.807) is 77.8 Å². The third kappa shape index (κ3) is 16.0. The monoisotopic (exact) mass is 1450 g/mol. The molecule has 0 aromatic carbocycles. The molecule has 0 radical (unpaired) electrons. The summed E-state index contributed by atoms with van der Waals surface area (Å²) in [5, 5.41) is 19.9. The molecule has 0 saturated carbocycles. The molecule has 0 saturated heterocycles. The SMILES string of the molecule is CCc1c(-c2cc(Nc3cc4n(n3)CCN(CCOC)C4)c(=O)n(C)c2)ccnc1N1CCn2c(cc3c2CC(C)(C)C3)C1=O.COCCN1CCn2nc(N)cc2C1.COCCN1CCn2nc(Nc3cc(Br)cn(C)c3=O)cc2C1.Cn1cc(Br)cc(Br)c1=O. The van der Waals surface area contributed by atoms with Gasteiger partial charge in [0.15, 0.2) is 11.6 Å². The van der Waals surface area contributed by atoms with Crippen molar-refractivity contribution in [3.63, 3.8) is 0 Å². The summed E-state index contributed by atoms with van der Waals surface area (Å²) in [6.07, 6.45) is 9.76. The number of aromatic nitrogens is 11. The first kappa shape index (κ1) is 67.9. The minimum atomic E-state index is -0.137. The molecule has 25 nitrogen and oxygen atoms in total. The van der Waals surface area contributed by atoms with E-state index in [0.717, 1.165) is 154 Å². The van der Waals surface area contributed by atoms with Crippen molar-refractivity contribution in [2.75, 3.05) is 108 Å². The first-order valence-corrected chi connectivity index (χ1v) is 33.2. The minimum Gasteiger partial charge on any atom is -0.383 e. The topological polar surface area (TPSA) is 245 Å². The van der Waals surface area contributed by atoms with Crippen molar-refractivity contribution in [2.45, 2.75) is 85.8 Å². The number of rotatable bonds is 16. The molecular formula is C64H83Br3N18O7. The summed E-state index contributed by atoms with van der Waals surface area (Å²) in [4.78, 5) is 64.0. The largest absolute Gasteiger partial charge is 0.383 e. The summed E-state index contributed by atoms with van der Waals surface area (Å²) < 4.78 is 30.6. The Bertz CT molecular complexity index is 4100. The second-order valence-corrected chi connectivity index (χ2v) is 27.1. The summed E-state index contributed by atoms with van der Waals surface area (Å²) in [5.41, 5.74) is 16.2. The molecule has 28 heteroatoms. The molecule has 8 aromatic rings. The number of amides is 1. The van der Waals surface area contributed by atoms with Gasteiger partial charge < -0.3 is 48.8 Å². The number of aryl methyl sites for hydroxylation is 3. The Morgan fingerprint density at radius 2 is 1.11 bits per heavy atom. The van der Waals surface area contributed by atoms with E-state index >= 15 is 0 Å². The van der Waals surface area contributed by atoms with E-state index in [1.807, 2.05) is 55.5 Å². The first-order valence-electron chi connectivity index (χ1n) is 30.9. The Morgan fingerprint density at radius 3 is 1.65 bits per heavy atom. The average Bonchev–Trinajstić information content (AvgIpc) is 1.59. The lowest BCUT2D eigenvalue weighted by Crippen LogP contribution is -2.41. The van der Waals surface area contributed by atoms with Crippen LogP contribution in [0.4, 0.5) is 34.6 Å². The maximum Gasteiger partial charge on any atom is 0.276 e. The Labute approximate surface area is 560 Å². The van der Waals surface area contributed by atoms with Crippen molar-refractivity contribution in [2.24, 2.45) is 26.6 Å². The van der Waals surface area contributed by atoms with E-state index in [9.17, 15) is 19.2 Å². The van der Waals surface area contributed by atoms with Crippen molar-refractivity contribution in [1.29, 1.82) is 0 Å². The number of hydrogen-bond acceptors (Lipinski definition) is 17. The highest BCUT2D eigenvalue weighted by Crippen LogP contribution is 2.40. The fourth-order valence-corrected chi connectivity index (χ4v) is 14.3. The van der Waals surface area contributed by atoms with Crippen LogP contribution in [0.25, 0.3) is 11.1 Å². The highest BCUT2D eigenvalue weighted by molar-refractivity contribution is 9.11. The molecule has 0 atom stereocenters. The third-order valence-electron chi connectivity index (χ3n) is 17.0. The molecule has 4 N–H and O–H groups in total. The maximum atomic E-state index is 13.9. The molecule has 0 spiro atoms. The predicted octanol–water partition coefficient (Wildman–Crippen LogP) is 7.39. The number of nitrogens with zero attached hydrogens (tertiary/aromatic N) is 15. The molecule has 4 aliphatic heterocycles. The number of methoxy groups -OCH3 is 3. The van der Waals surface area contributed by atoms with Crippen LogP contribution in [-0.4, -0.2) is 160 Å². The van der Waals surface area contributed by atoms with Crippen molar-refractivity contribution < 1.29 is 19.0 Å². The second-order valence-electron chi connectivity index (χ2n) is 24.4. The van der Waals surface area contributed by atoms with Gasteiger partial charge in [-0.05, 0) is 114 Å². The van der Waals surface area contributed by atoms with E-state index in [4.69, 9.17) is 30.0 Å². The van der Waals surface area contributed by atoms with Crippen LogP contribution in [-0.2, 0) is 100 Å². The fourth-order valence-electron chi connectivity index (χ4n) is 12.4. The minimum absolute atomic E-state index is 0.000147. The van der Waals surface area contributed by atoms with Crippen LogP contribution >= 0.6 is 47.8 Å².